The number of aromatic nitrogens is 2. The predicted molar refractivity (Wildman–Crippen MR) is 246 cm³/mol. The molecule has 4 aromatic rings. The number of amidine groups is 2. The van der Waals surface area contributed by atoms with Gasteiger partial charge >= 0.3 is 11.9 Å². The van der Waals surface area contributed by atoms with Crippen LogP contribution in [0.4, 0.5) is 26.3 Å². The van der Waals surface area contributed by atoms with Crippen molar-refractivity contribution < 1.29 is 55.6 Å². The van der Waals surface area contributed by atoms with E-state index in [1.54, 1.807) is 37.0 Å². The highest BCUT2D eigenvalue weighted by atomic mass is 79.9. The maximum Gasteiger partial charge on any atom is 0.338 e. The van der Waals surface area contributed by atoms with Gasteiger partial charge in [-0.05, 0) is 43.7 Å². The summed E-state index contributed by atoms with van der Waals surface area (Å²) in [5, 5.41) is 30.7. The summed E-state index contributed by atoms with van der Waals surface area (Å²) in [5.74, 6) is -7.89. The van der Waals surface area contributed by atoms with Gasteiger partial charge in [0.05, 0.1) is 49.7 Å². The van der Waals surface area contributed by atoms with Gasteiger partial charge in [-0.3, -0.25) is 19.8 Å². The molecule has 4 aliphatic heterocycles. The van der Waals surface area contributed by atoms with E-state index in [4.69, 9.17) is 21.1 Å². The molecule has 0 aliphatic carbocycles. The Balaban J connectivity index is 0.000000201. The number of likely N-dealkylation sites (tertiary alicyclic amines) is 2. The van der Waals surface area contributed by atoms with Crippen molar-refractivity contribution in [3.05, 3.63) is 124 Å². The molecule has 0 saturated carbocycles. The van der Waals surface area contributed by atoms with Crippen LogP contribution in [-0.2, 0) is 19.1 Å². The molecule has 4 aliphatic rings. The number of aliphatic hydroxyl groups is 2. The van der Waals surface area contributed by atoms with Crippen LogP contribution in [0.5, 0.6) is 0 Å². The number of carbonyl (C=O) groups excluding carboxylic acids is 2. The second-order valence-electron chi connectivity index (χ2n) is 16.0. The number of hydrogen-bond donors (Lipinski definition) is 4. The van der Waals surface area contributed by atoms with E-state index < -0.39 is 85.6 Å². The van der Waals surface area contributed by atoms with E-state index in [0.717, 1.165) is 6.07 Å². The van der Waals surface area contributed by atoms with Crippen molar-refractivity contribution in [3.8, 4) is 0 Å². The quantitative estimate of drug-likeness (QED) is 0.0832. The van der Waals surface area contributed by atoms with Gasteiger partial charge in [0.2, 0.25) is 0 Å². The third kappa shape index (κ3) is 12.5. The highest BCUT2D eigenvalue weighted by Gasteiger charge is 2.43. The molecule has 364 valence electrons. The number of carbonyl (C=O) groups is 2. The molecule has 0 amide bonds. The number of rotatable bonds is 12. The Labute approximate surface area is 407 Å². The smallest absolute Gasteiger partial charge is 0.338 e. The summed E-state index contributed by atoms with van der Waals surface area (Å²) in [5.41, 5.74) is 1.63. The molecule has 8 rings (SSSR count). The molecule has 4 unspecified atom stereocenters. The van der Waals surface area contributed by atoms with Gasteiger partial charge < -0.3 is 30.3 Å². The van der Waals surface area contributed by atoms with E-state index in [9.17, 15) is 46.1 Å². The lowest BCUT2D eigenvalue weighted by Crippen LogP contribution is -2.51. The molecule has 6 heterocycles. The van der Waals surface area contributed by atoms with Crippen LogP contribution in [0.3, 0.4) is 0 Å². The van der Waals surface area contributed by atoms with Gasteiger partial charge in [0, 0.05) is 88.6 Å². The summed E-state index contributed by atoms with van der Waals surface area (Å²) in [6.07, 6.45) is -0.478. The van der Waals surface area contributed by atoms with Gasteiger partial charge in [0.25, 0.3) is 11.8 Å². The molecule has 14 nitrogen and oxygen atoms in total. The fourth-order valence-electron chi connectivity index (χ4n) is 8.15. The first-order chi connectivity index (χ1) is 32.3. The number of aliphatic imine (C=N–C) groups is 2. The van der Waals surface area contributed by atoms with Crippen LogP contribution in [0.15, 0.2) is 96.5 Å². The number of nitrogens with one attached hydrogen (secondary N) is 2. The third-order valence-corrected chi connectivity index (χ3v) is 13.3. The van der Waals surface area contributed by atoms with E-state index in [0.29, 0.717) is 43.0 Å². The molecular formula is C44H44BrClF6N8O6S2. The molecule has 2 saturated heterocycles. The molecule has 4 N–H and O–H groups in total. The number of benzene rings is 2. The summed E-state index contributed by atoms with van der Waals surface area (Å²) in [6, 6.07) is 5.87. The van der Waals surface area contributed by atoms with Gasteiger partial charge in [-0.2, -0.15) is 0 Å². The molecule has 4 atom stereocenters. The van der Waals surface area contributed by atoms with Crippen LogP contribution in [0.1, 0.15) is 59.9 Å². The summed E-state index contributed by atoms with van der Waals surface area (Å²) >= 11 is 12.3. The molecule has 0 radical (unpaired) electrons. The van der Waals surface area contributed by atoms with Crippen LogP contribution in [0.25, 0.3) is 0 Å². The van der Waals surface area contributed by atoms with Gasteiger partial charge in [-0.25, -0.2) is 45.9 Å². The van der Waals surface area contributed by atoms with Crippen LogP contribution in [0, 0.1) is 11.6 Å². The number of piperidine rings is 2. The SMILES string of the molecule is CCOC(=O)C1=C(CN2CC(O)CC(F)(F)C2)NC(c2nccs2)=NC1c1ccc(F)cc1Br.CCOC(=O)C1=C(CN2CC(O)CC(F)(F)C2)NC(c2nccs2)=NC1c1ccc(F)cc1Cl. The van der Waals surface area contributed by atoms with Crippen molar-refractivity contribution >= 4 is 73.8 Å². The summed E-state index contributed by atoms with van der Waals surface area (Å²) in [4.78, 5) is 46.7. The minimum atomic E-state index is -3.08. The Hall–Kier alpha value is -4.75. The lowest BCUT2D eigenvalue weighted by atomic mass is 9.94. The first kappa shape index (κ1) is 51.1. The van der Waals surface area contributed by atoms with Crippen molar-refractivity contribution in [2.24, 2.45) is 9.98 Å². The van der Waals surface area contributed by atoms with E-state index in [-0.39, 0.29) is 61.3 Å². The Bertz CT molecular complexity index is 2430. The van der Waals surface area contributed by atoms with Gasteiger partial charge in [0.15, 0.2) is 21.7 Å². The Morgan fingerprint density at radius 1 is 0.765 bits per heavy atom. The lowest BCUT2D eigenvalue weighted by Gasteiger charge is -2.37. The molecule has 2 aromatic carbocycles. The normalized spacial score (nSPS) is 22.8. The van der Waals surface area contributed by atoms with Crippen LogP contribution < -0.4 is 10.6 Å². The average Bonchev–Trinajstić information content (AvgIpc) is 3.99. The summed E-state index contributed by atoms with van der Waals surface area (Å²) in [7, 11) is 0. The molecule has 0 bridgehead atoms. The van der Waals surface area contributed by atoms with E-state index in [1.807, 2.05) is 0 Å². The predicted octanol–water partition coefficient (Wildman–Crippen LogP) is 7.20. The van der Waals surface area contributed by atoms with E-state index >= 15 is 0 Å². The van der Waals surface area contributed by atoms with Gasteiger partial charge in [-0.1, -0.05) is 39.7 Å². The fraction of sp³-hybridized carbons (Fsp3) is 0.409. The first-order valence-corrected chi connectivity index (χ1v) is 24.0. The maximum atomic E-state index is 14.2. The number of halogens is 8. The number of nitrogens with zero attached hydrogens (tertiary/aromatic N) is 6. The van der Waals surface area contributed by atoms with Gasteiger partial charge in [-0.15, -0.1) is 22.7 Å². The number of esters is 2. The zero-order valence-electron chi connectivity index (χ0n) is 36.2. The van der Waals surface area contributed by atoms with Crippen LogP contribution in [0.2, 0.25) is 5.02 Å². The van der Waals surface area contributed by atoms with Gasteiger partial charge in [0.1, 0.15) is 23.7 Å². The summed E-state index contributed by atoms with van der Waals surface area (Å²) in [6.45, 7) is 2.13. The van der Waals surface area contributed by atoms with Crippen LogP contribution >= 0.6 is 50.2 Å². The highest BCUT2D eigenvalue weighted by Crippen LogP contribution is 2.40. The molecule has 68 heavy (non-hydrogen) atoms. The average molecular weight is 1070 g/mol. The molecular weight excluding hydrogens is 1030 g/mol. The Morgan fingerprint density at radius 2 is 1.21 bits per heavy atom. The maximum absolute atomic E-state index is 14.2. The number of thiazole rings is 2. The molecule has 0 spiro atoms. The van der Waals surface area contributed by atoms with Crippen molar-refractivity contribution in [2.45, 2.75) is 62.8 Å². The van der Waals surface area contributed by atoms with Crippen molar-refractivity contribution in [1.82, 2.24) is 30.4 Å². The highest BCUT2D eigenvalue weighted by molar-refractivity contribution is 9.10. The number of β-amino-alcohol motifs (C(OH)–C–C–N with tert-alkyl or cyclic N) is 2. The second-order valence-corrected chi connectivity index (χ2v) is 19.1. The topological polar surface area (TPSA) is 174 Å². The van der Waals surface area contributed by atoms with Crippen molar-refractivity contribution in [3.63, 3.8) is 0 Å². The molecule has 24 heteroatoms. The lowest BCUT2D eigenvalue weighted by molar-refractivity contribution is -0.140. The van der Waals surface area contributed by atoms with Crippen LogP contribution in [-0.4, -0.2) is 130 Å². The van der Waals surface area contributed by atoms with E-state index in [1.165, 1.54) is 62.8 Å². The molecule has 2 aromatic heterocycles. The standard InChI is InChI=1S/C22H22BrF3N4O3S.C22H22ClF3N4O3S/c2*1-2-33-21(32)17-16(10-30-9-13(31)8-22(25,26)11-30)28-19(20-27-5-6-34-20)29-18(17)14-4-3-12(24)7-15(14)23/h2*3-7,13,18,31H,2,8-11H2,1H3,(H,28,29). The Kier molecular flexibility index (Phi) is 16.5. The Morgan fingerprint density at radius 3 is 1.60 bits per heavy atom. The zero-order chi connectivity index (χ0) is 48.9. The zero-order valence-corrected chi connectivity index (χ0v) is 40.2. The monoisotopic (exact) mass is 1070 g/mol. The number of aliphatic hydroxyl groups excluding tert-OH is 2. The molecule has 2 fully saturated rings. The fourth-order valence-corrected chi connectivity index (χ4v) is 10.2. The first-order valence-electron chi connectivity index (χ1n) is 21.1. The number of alkyl halides is 4. The van der Waals surface area contributed by atoms with Crippen molar-refractivity contribution in [1.29, 1.82) is 0 Å². The minimum Gasteiger partial charge on any atom is -0.463 e. The third-order valence-electron chi connectivity index (χ3n) is 10.7. The van der Waals surface area contributed by atoms with E-state index in [2.05, 4.69) is 46.5 Å². The van der Waals surface area contributed by atoms with Crippen molar-refractivity contribution in [2.75, 3.05) is 52.5 Å². The number of ether oxygens (including phenoxy) is 2. The minimum absolute atomic E-state index is 0.00255. The second kappa shape index (κ2) is 21.9. The largest absolute Gasteiger partial charge is 0.463 e. The number of hydrogen-bond acceptors (Lipinski definition) is 16. The summed E-state index contributed by atoms with van der Waals surface area (Å²) < 4.78 is 95.1.